The summed E-state index contributed by atoms with van der Waals surface area (Å²) in [4.78, 5) is 5.38. The first-order chi connectivity index (χ1) is 8.15. The molecule has 4 nitrogen and oxygen atoms in total. The standard InChI is InChI=1S/C11H12BrN3OS/c1-7(13)11-14-10(15-16-11)6-17-9-4-2-8(12)3-5-9/h2-5,7H,6,13H2,1H3/t7-/m1/s1. The van der Waals surface area contributed by atoms with Crippen LogP contribution in [0.2, 0.25) is 0 Å². The topological polar surface area (TPSA) is 64.9 Å². The van der Waals surface area contributed by atoms with E-state index in [2.05, 4.69) is 26.1 Å². The van der Waals surface area contributed by atoms with Crippen LogP contribution in [-0.2, 0) is 5.75 Å². The van der Waals surface area contributed by atoms with Crippen molar-refractivity contribution in [1.82, 2.24) is 10.1 Å². The summed E-state index contributed by atoms with van der Waals surface area (Å²) in [5, 5.41) is 3.87. The molecule has 2 aromatic rings. The van der Waals surface area contributed by atoms with E-state index in [0.717, 1.165) is 4.47 Å². The monoisotopic (exact) mass is 313 g/mol. The molecular formula is C11H12BrN3OS. The van der Waals surface area contributed by atoms with Crippen LogP contribution in [0.15, 0.2) is 38.2 Å². The van der Waals surface area contributed by atoms with Crippen LogP contribution in [-0.4, -0.2) is 10.1 Å². The van der Waals surface area contributed by atoms with Gasteiger partial charge in [-0.3, -0.25) is 0 Å². The number of nitrogens with zero attached hydrogens (tertiary/aromatic N) is 2. The van der Waals surface area contributed by atoms with E-state index < -0.39 is 0 Å². The third-order valence-corrected chi connectivity index (χ3v) is 3.59. The minimum Gasteiger partial charge on any atom is -0.338 e. The highest BCUT2D eigenvalue weighted by molar-refractivity contribution is 9.10. The van der Waals surface area contributed by atoms with Crippen LogP contribution in [0.1, 0.15) is 24.7 Å². The molecule has 17 heavy (non-hydrogen) atoms. The lowest BCUT2D eigenvalue weighted by molar-refractivity contribution is 0.358. The van der Waals surface area contributed by atoms with Gasteiger partial charge in [0.25, 0.3) is 0 Å². The number of hydrogen-bond donors (Lipinski definition) is 1. The summed E-state index contributed by atoms with van der Waals surface area (Å²) in [6, 6.07) is 7.88. The Morgan fingerprint density at radius 2 is 2.12 bits per heavy atom. The average molecular weight is 314 g/mol. The minimum absolute atomic E-state index is 0.214. The van der Waals surface area contributed by atoms with E-state index in [1.807, 2.05) is 31.2 Å². The zero-order valence-electron chi connectivity index (χ0n) is 9.26. The fourth-order valence-electron chi connectivity index (χ4n) is 1.19. The van der Waals surface area contributed by atoms with Crippen LogP contribution in [0.3, 0.4) is 0 Å². The second-order valence-electron chi connectivity index (χ2n) is 3.58. The SMILES string of the molecule is C[C@@H](N)c1nc(CSc2ccc(Br)cc2)no1. The van der Waals surface area contributed by atoms with E-state index in [1.54, 1.807) is 11.8 Å². The minimum atomic E-state index is -0.214. The highest BCUT2D eigenvalue weighted by Crippen LogP contribution is 2.23. The van der Waals surface area contributed by atoms with Gasteiger partial charge in [-0.2, -0.15) is 4.98 Å². The molecule has 1 aromatic heterocycles. The molecule has 2 rings (SSSR count). The third kappa shape index (κ3) is 3.55. The number of hydrogen-bond acceptors (Lipinski definition) is 5. The number of rotatable bonds is 4. The van der Waals surface area contributed by atoms with Gasteiger partial charge in [0.15, 0.2) is 5.82 Å². The number of benzene rings is 1. The van der Waals surface area contributed by atoms with Crippen LogP contribution < -0.4 is 5.73 Å². The first kappa shape index (κ1) is 12.6. The summed E-state index contributed by atoms with van der Waals surface area (Å²) in [5.41, 5.74) is 5.64. The Kier molecular flexibility index (Phi) is 4.20. The zero-order chi connectivity index (χ0) is 12.3. The van der Waals surface area contributed by atoms with E-state index in [1.165, 1.54) is 4.90 Å². The van der Waals surface area contributed by atoms with E-state index >= 15 is 0 Å². The van der Waals surface area contributed by atoms with Crippen LogP contribution in [0, 0.1) is 0 Å². The largest absolute Gasteiger partial charge is 0.338 e. The van der Waals surface area contributed by atoms with Gasteiger partial charge in [0.1, 0.15) is 0 Å². The molecule has 1 heterocycles. The summed E-state index contributed by atoms with van der Waals surface area (Å²) in [7, 11) is 0. The Balaban J connectivity index is 1.95. The van der Waals surface area contributed by atoms with Crippen molar-refractivity contribution >= 4 is 27.7 Å². The quantitative estimate of drug-likeness (QED) is 0.878. The Labute approximate surface area is 112 Å². The van der Waals surface area contributed by atoms with Crippen molar-refractivity contribution in [3.8, 4) is 0 Å². The summed E-state index contributed by atoms with van der Waals surface area (Å²) in [6.07, 6.45) is 0. The van der Waals surface area contributed by atoms with Crippen LogP contribution in [0.4, 0.5) is 0 Å². The van der Waals surface area contributed by atoms with Crippen LogP contribution in [0.25, 0.3) is 0 Å². The molecule has 0 saturated heterocycles. The first-order valence-corrected chi connectivity index (χ1v) is 6.89. The lowest BCUT2D eigenvalue weighted by atomic mass is 10.4. The fourth-order valence-corrected chi connectivity index (χ4v) is 2.20. The maximum Gasteiger partial charge on any atom is 0.243 e. The fraction of sp³-hybridized carbons (Fsp3) is 0.273. The predicted molar refractivity (Wildman–Crippen MR) is 70.6 cm³/mol. The van der Waals surface area contributed by atoms with Crippen molar-refractivity contribution < 1.29 is 4.52 Å². The lowest BCUT2D eigenvalue weighted by Crippen LogP contribution is -2.05. The van der Waals surface area contributed by atoms with Crippen molar-refractivity contribution in [3.63, 3.8) is 0 Å². The normalized spacial score (nSPS) is 12.6. The van der Waals surface area contributed by atoms with Gasteiger partial charge >= 0.3 is 0 Å². The summed E-state index contributed by atoms with van der Waals surface area (Å²) in [5.74, 6) is 1.83. The third-order valence-electron chi connectivity index (χ3n) is 2.05. The molecule has 6 heteroatoms. The van der Waals surface area contributed by atoms with E-state index in [-0.39, 0.29) is 6.04 Å². The molecule has 0 aliphatic heterocycles. The van der Waals surface area contributed by atoms with Crippen molar-refractivity contribution in [2.24, 2.45) is 5.73 Å². The van der Waals surface area contributed by atoms with Crippen molar-refractivity contribution in [3.05, 3.63) is 40.5 Å². The Bertz CT molecular complexity index is 484. The Morgan fingerprint density at radius 3 is 2.71 bits per heavy atom. The number of halogens is 1. The molecule has 0 aliphatic carbocycles. The first-order valence-electron chi connectivity index (χ1n) is 5.11. The van der Waals surface area contributed by atoms with Crippen LogP contribution >= 0.6 is 27.7 Å². The summed E-state index contributed by atoms with van der Waals surface area (Å²) < 4.78 is 6.10. The van der Waals surface area contributed by atoms with Crippen LogP contribution in [0.5, 0.6) is 0 Å². The summed E-state index contributed by atoms with van der Waals surface area (Å²) >= 11 is 5.06. The zero-order valence-corrected chi connectivity index (χ0v) is 11.7. The number of thioether (sulfide) groups is 1. The molecule has 0 bridgehead atoms. The van der Waals surface area contributed by atoms with Crippen molar-refractivity contribution in [2.75, 3.05) is 0 Å². The Morgan fingerprint density at radius 1 is 1.41 bits per heavy atom. The lowest BCUT2D eigenvalue weighted by Gasteiger charge is -1.98. The van der Waals surface area contributed by atoms with E-state index in [9.17, 15) is 0 Å². The van der Waals surface area contributed by atoms with Gasteiger partial charge < -0.3 is 10.3 Å². The Hall–Kier alpha value is -0.850. The molecule has 0 unspecified atom stereocenters. The molecule has 0 fully saturated rings. The van der Waals surface area contributed by atoms with Gasteiger partial charge in [-0.15, -0.1) is 11.8 Å². The van der Waals surface area contributed by atoms with Gasteiger partial charge in [0.2, 0.25) is 5.89 Å². The molecule has 0 amide bonds. The van der Waals surface area contributed by atoms with Crippen molar-refractivity contribution in [2.45, 2.75) is 23.6 Å². The number of nitrogens with two attached hydrogens (primary N) is 1. The highest BCUT2D eigenvalue weighted by Gasteiger charge is 2.10. The second kappa shape index (κ2) is 5.66. The van der Waals surface area contributed by atoms with Gasteiger partial charge in [-0.1, -0.05) is 21.1 Å². The molecule has 0 radical (unpaired) electrons. The molecular weight excluding hydrogens is 302 g/mol. The maximum atomic E-state index is 5.64. The van der Waals surface area contributed by atoms with Gasteiger partial charge in [-0.05, 0) is 31.2 Å². The smallest absolute Gasteiger partial charge is 0.243 e. The molecule has 0 saturated carbocycles. The molecule has 0 spiro atoms. The molecule has 1 aromatic carbocycles. The molecule has 1 atom stereocenters. The highest BCUT2D eigenvalue weighted by atomic mass is 79.9. The van der Waals surface area contributed by atoms with E-state index in [4.69, 9.17) is 10.3 Å². The summed E-state index contributed by atoms with van der Waals surface area (Å²) in [6.45, 7) is 1.82. The average Bonchev–Trinajstić information content (AvgIpc) is 2.77. The van der Waals surface area contributed by atoms with E-state index in [0.29, 0.717) is 17.5 Å². The predicted octanol–water partition coefficient (Wildman–Crippen LogP) is 3.14. The van der Waals surface area contributed by atoms with Crippen molar-refractivity contribution in [1.29, 1.82) is 0 Å². The molecule has 0 aliphatic rings. The second-order valence-corrected chi connectivity index (χ2v) is 5.54. The van der Waals surface area contributed by atoms with Gasteiger partial charge in [-0.25, -0.2) is 0 Å². The van der Waals surface area contributed by atoms with Gasteiger partial charge in [0.05, 0.1) is 11.8 Å². The van der Waals surface area contributed by atoms with Gasteiger partial charge in [0, 0.05) is 9.37 Å². The molecule has 2 N–H and O–H groups in total. The molecule has 90 valence electrons. The number of aromatic nitrogens is 2. The maximum absolute atomic E-state index is 5.64.